The highest BCUT2D eigenvalue weighted by molar-refractivity contribution is 9.11. The molecular weight excluding hydrogens is 494 g/mol. The molecule has 0 spiro atoms. The summed E-state index contributed by atoms with van der Waals surface area (Å²) in [6.45, 7) is 0. The highest BCUT2D eigenvalue weighted by Gasteiger charge is 2.53. The molecule has 1 fully saturated rings. The number of aliphatic hydroxyl groups is 1. The number of halogens is 2. The number of hydrogen-bond acceptors (Lipinski definition) is 3. The molecule has 0 radical (unpaired) electrons. The van der Waals surface area contributed by atoms with Gasteiger partial charge in [0.25, 0.3) is 0 Å². The van der Waals surface area contributed by atoms with Crippen LogP contribution in [-0.2, 0) is 4.79 Å². The molecule has 2 bridgehead atoms. The van der Waals surface area contributed by atoms with Gasteiger partial charge in [-0.1, -0.05) is 50.1 Å². The molecule has 1 saturated heterocycles. The minimum Gasteiger partial charge on any atom is -0.370 e. The first kappa shape index (κ1) is 18.1. The smallest absolute Gasteiger partial charge is 0.150 e. The molecule has 5 aliphatic rings. The van der Waals surface area contributed by atoms with Crippen LogP contribution >= 0.6 is 31.9 Å². The molecule has 4 unspecified atom stereocenters. The second-order valence-corrected chi connectivity index (χ2v) is 10.3. The van der Waals surface area contributed by atoms with Crippen LogP contribution in [0.1, 0.15) is 36.4 Å². The normalized spacial score (nSPS) is 31.9. The van der Waals surface area contributed by atoms with Gasteiger partial charge in [0.15, 0.2) is 6.23 Å². The Balaban J connectivity index is 1.58. The molecule has 0 amide bonds. The summed E-state index contributed by atoms with van der Waals surface area (Å²) in [5, 5.41) is 11.4. The topological polar surface area (TPSA) is 40.5 Å². The van der Waals surface area contributed by atoms with Crippen molar-refractivity contribution in [3.05, 3.63) is 85.0 Å². The van der Waals surface area contributed by atoms with Gasteiger partial charge < -0.3 is 10.0 Å². The highest BCUT2D eigenvalue weighted by atomic mass is 79.9. The van der Waals surface area contributed by atoms with Crippen LogP contribution in [0.15, 0.2) is 73.9 Å². The van der Waals surface area contributed by atoms with E-state index >= 15 is 0 Å². The van der Waals surface area contributed by atoms with Gasteiger partial charge in [0.1, 0.15) is 5.78 Å². The quantitative estimate of drug-likeness (QED) is 0.495. The SMILES string of the molecule is O=C1C2C=CC3=C(CCC(Br)=C3)C(=C3C1C1c4ccc(Br)cc4C=CN1C3O)C2. The standard InChI is InChI=1S/C24H19Br2NO2/c25-15-3-5-17-12(9-15)1-2-14-11-19(17)20-21(23(14)28)22-18-6-4-16(26)10-13(18)7-8-27(22)24(20)29/h1-2,4,6-10,14,21-22,24,29H,3,5,11H2. The average Bonchev–Trinajstić information content (AvgIpc) is 2.91. The van der Waals surface area contributed by atoms with E-state index in [0.29, 0.717) is 6.42 Å². The van der Waals surface area contributed by atoms with Crippen LogP contribution in [0.2, 0.25) is 0 Å². The lowest BCUT2D eigenvalue weighted by Gasteiger charge is -2.33. The lowest BCUT2D eigenvalue weighted by atomic mass is 9.71. The van der Waals surface area contributed by atoms with Crippen LogP contribution in [-0.4, -0.2) is 22.0 Å². The van der Waals surface area contributed by atoms with E-state index in [9.17, 15) is 9.90 Å². The largest absolute Gasteiger partial charge is 0.370 e. The van der Waals surface area contributed by atoms with Gasteiger partial charge in [-0.25, -0.2) is 0 Å². The zero-order valence-corrected chi connectivity index (χ0v) is 18.8. The molecule has 0 saturated carbocycles. The number of carbonyl (C=O) groups excluding carboxylic acids is 1. The van der Waals surface area contributed by atoms with E-state index in [-0.39, 0.29) is 23.7 Å². The van der Waals surface area contributed by atoms with Crippen molar-refractivity contribution in [2.24, 2.45) is 11.8 Å². The van der Waals surface area contributed by atoms with Crippen molar-refractivity contribution in [3.63, 3.8) is 0 Å². The zero-order chi connectivity index (χ0) is 19.9. The first-order chi connectivity index (χ1) is 14.0. The maximum Gasteiger partial charge on any atom is 0.150 e. The first-order valence-electron chi connectivity index (χ1n) is 10.0. The Morgan fingerprint density at radius 3 is 2.83 bits per heavy atom. The number of ketones is 1. The molecule has 3 aliphatic carbocycles. The number of Topliss-reactive ketones (excluding diaryl/α,β-unsaturated/α-hetero) is 1. The van der Waals surface area contributed by atoms with Gasteiger partial charge in [-0.2, -0.15) is 0 Å². The molecule has 0 aromatic heterocycles. The summed E-state index contributed by atoms with van der Waals surface area (Å²) in [4.78, 5) is 15.6. The van der Waals surface area contributed by atoms with Crippen molar-refractivity contribution < 1.29 is 9.90 Å². The van der Waals surface area contributed by atoms with Crippen molar-refractivity contribution in [1.29, 1.82) is 0 Å². The van der Waals surface area contributed by atoms with E-state index in [4.69, 9.17) is 0 Å². The summed E-state index contributed by atoms with van der Waals surface area (Å²) in [6.07, 6.45) is 12.2. The van der Waals surface area contributed by atoms with Gasteiger partial charge in [0.2, 0.25) is 0 Å². The first-order valence-corrected chi connectivity index (χ1v) is 11.6. The average molecular weight is 513 g/mol. The third-order valence-corrected chi connectivity index (χ3v) is 8.04. The summed E-state index contributed by atoms with van der Waals surface area (Å²) in [7, 11) is 0. The molecule has 6 rings (SSSR count). The molecule has 2 heterocycles. The maximum atomic E-state index is 13.6. The van der Waals surface area contributed by atoms with Gasteiger partial charge in [-0.05, 0) is 81.4 Å². The van der Waals surface area contributed by atoms with Crippen molar-refractivity contribution in [1.82, 2.24) is 4.90 Å². The van der Waals surface area contributed by atoms with Crippen LogP contribution < -0.4 is 0 Å². The molecular formula is C24H19Br2NO2. The Bertz CT molecular complexity index is 1120. The number of aliphatic hydroxyl groups excluding tert-OH is 1. The van der Waals surface area contributed by atoms with Crippen molar-refractivity contribution in [2.45, 2.75) is 31.5 Å². The fraction of sp³-hybridized carbons (Fsp3) is 0.292. The van der Waals surface area contributed by atoms with Gasteiger partial charge in [0, 0.05) is 16.6 Å². The summed E-state index contributed by atoms with van der Waals surface area (Å²) in [5.74, 6) is -0.179. The number of carbonyl (C=O) groups is 1. The van der Waals surface area contributed by atoms with E-state index in [1.54, 1.807) is 0 Å². The summed E-state index contributed by atoms with van der Waals surface area (Å²) < 4.78 is 2.21. The van der Waals surface area contributed by atoms with E-state index in [1.165, 1.54) is 21.2 Å². The maximum absolute atomic E-state index is 13.6. The Hall–Kier alpha value is -1.69. The fourth-order valence-corrected chi connectivity index (χ4v) is 6.47. The molecule has 1 N–H and O–H groups in total. The van der Waals surface area contributed by atoms with E-state index in [1.807, 2.05) is 23.2 Å². The summed E-state index contributed by atoms with van der Waals surface area (Å²) in [6, 6.07) is 6.07. The van der Waals surface area contributed by atoms with Crippen molar-refractivity contribution >= 4 is 43.7 Å². The predicted molar refractivity (Wildman–Crippen MR) is 120 cm³/mol. The third kappa shape index (κ3) is 2.54. The van der Waals surface area contributed by atoms with E-state index in [0.717, 1.165) is 34.0 Å². The second-order valence-electron chi connectivity index (χ2n) is 8.36. The highest BCUT2D eigenvalue weighted by Crippen LogP contribution is 2.55. The van der Waals surface area contributed by atoms with Gasteiger partial charge in [0.05, 0.1) is 12.0 Å². The van der Waals surface area contributed by atoms with Crippen molar-refractivity contribution in [2.75, 3.05) is 0 Å². The van der Waals surface area contributed by atoms with E-state index in [2.05, 4.69) is 62.2 Å². The molecule has 146 valence electrons. The van der Waals surface area contributed by atoms with Gasteiger partial charge >= 0.3 is 0 Å². The predicted octanol–water partition coefficient (Wildman–Crippen LogP) is 5.55. The fourth-order valence-electron chi connectivity index (χ4n) is 5.65. The lowest BCUT2D eigenvalue weighted by Crippen LogP contribution is -2.33. The minimum absolute atomic E-state index is 0.117. The number of benzene rings is 1. The lowest BCUT2D eigenvalue weighted by molar-refractivity contribution is -0.125. The molecule has 2 aliphatic heterocycles. The van der Waals surface area contributed by atoms with Crippen LogP contribution in [0.5, 0.6) is 0 Å². The molecule has 5 heteroatoms. The zero-order valence-electron chi connectivity index (χ0n) is 15.6. The van der Waals surface area contributed by atoms with Gasteiger partial charge in [-0.3, -0.25) is 4.79 Å². The summed E-state index contributed by atoms with van der Waals surface area (Å²) in [5.41, 5.74) is 6.85. The van der Waals surface area contributed by atoms with E-state index < -0.39 is 6.23 Å². The second kappa shape index (κ2) is 6.40. The molecule has 1 aromatic rings. The number of fused-ring (bicyclic) bond motifs is 8. The Labute approximate surface area is 186 Å². The summed E-state index contributed by atoms with van der Waals surface area (Å²) >= 11 is 7.19. The number of nitrogens with zero attached hydrogens (tertiary/aromatic N) is 1. The van der Waals surface area contributed by atoms with Crippen molar-refractivity contribution in [3.8, 4) is 0 Å². The molecule has 4 atom stereocenters. The number of hydrogen-bond donors (Lipinski definition) is 1. The van der Waals surface area contributed by atoms with Crippen LogP contribution in [0.25, 0.3) is 6.08 Å². The van der Waals surface area contributed by atoms with Gasteiger partial charge in [-0.15, -0.1) is 0 Å². The number of rotatable bonds is 0. The Kier molecular flexibility index (Phi) is 4.00. The van der Waals surface area contributed by atoms with Crippen LogP contribution in [0.3, 0.4) is 0 Å². The van der Waals surface area contributed by atoms with Crippen LogP contribution in [0.4, 0.5) is 0 Å². The monoisotopic (exact) mass is 511 g/mol. The Morgan fingerprint density at radius 1 is 1.10 bits per heavy atom. The molecule has 3 nitrogen and oxygen atoms in total. The molecule has 1 aromatic carbocycles. The number of allylic oxidation sites excluding steroid dienone is 7. The van der Waals surface area contributed by atoms with Crippen LogP contribution in [0, 0.1) is 11.8 Å². The molecule has 29 heavy (non-hydrogen) atoms. The minimum atomic E-state index is -0.751. The Morgan fingerprint density at radius 2 is 1.97 bits per heavy atom. The third-order valence-electron chi connectivity index (χ3n) is 6.92.